The Kier molecular flexibility index (Phi) is 6.59. The highest BCUT2D eigenvalue weighted by molar-refractivity contribution is 7.85. The lowest BCUT2D eigenvalue weighted by atomic mass is 9.88. The Balaban J connectivity index is 1.78. The van der Waals surface area contributed by atoms with Crippen molar-refractivity contribution in [1.29, 1.82) is 0 Å². The van der Waals surface area contributed by atoms with E-state index in [1.165, 1.54) is 6.92 Å². The molecule has 3 nitrogen and oxygen atoms in total. The summed E-state index contributed by atoms with van der Waals surface area (Å²) in [5.74, 6) is -2.28. The summed E-state index contributed by atoms with van der Waals surface area (Å²) < 4.78 is 84.4. The van der Waals surface area contributed by atoms with Gasteiger partial charge in [-0.25, -0.2) is 8.78 Å². The lowest BCUT2D eigenvalue weighted by Crippen LogP contribution is -2.36. The van der Waals surface area contributed by atoms with E-state index in [9.17, 15) is 31.0 Å². The molecule has 9 heteroatoms. The Morgan fingerprint density at radius 1 is 1.07 bits per heavy atom. The number of ether oxygens (including phenoxy) is 1. The third kappa shape index (κ3) is 4.88. The molecule has 0 amide bonds. The summed E-state index contributed by atoms with van der Waals surface area (Å²) in [6.45, 7) is 1.20. The largest absolute Gasteiger partial charge is 0.490 e. The minimum absolute atomic E-state index is 0.0162. The molecule has 0 aliphatic heterocycles. The third-order valence-electron chi connectivity index (χ3n) is 5.15. The highest BCUT2D eigenvalue weighted by Gasteiger charge is 2.36. The second kappa shape index (κ2) is 8.83. The number of carbonyl (C=O) groups is 1. The van der Waals surface area contributed by atoms with Gasteiger partial charge in [0, 0.05) is 34.5 Å². The maximum atomic E-state index is 14.0. The van der Waals surface area contributed by atoms with Gasteiger partial charge in [-0.15, -0.1) is 0 Å². The number of carbonyl (C=O) groups excluding carboxylic acids is 1. The van der Waals surface area contributed by atoms with Gasteiger partial charge < -0.3 is 4.74 Å². The molecule has 3 atom stereocenters. The van der Waals surface area contributed by atoms with Crippen LogP contribution in [0.5, 0.6) is 5.75 Å². The fraction of sp³-hybridized carbons (Fsp3) is 0.381. The first-order valence-corrected chi connectivity index (χ1v) is 10.5. The normalized spacial score (nSPS) is 20.8. The molecular formula is C21H19F5O3S. The molecule has 3 rings (SSSR count). The molecule has 1 saturated carbocycles. The predicted octanol–water partition coefficient (Wildman–Crippen LogP) is 5.22. The van der Waals surface area contributed by atoms with E-state index in [4.69, 9.17) is 4.74 Å². The van der Waals surface area contributed by atoms with Gasteiger partial charge in [0.1, 0.15) is 11.6 Å². The lowest BCUT2D eigenvalue weighted by molar-refractivity contribution is -0.137. The minimum Gasteiger partial charge on any atom is -0.490 e. The SMILES string of the molecule is Cc1c(F)ccc(F)c1OCC1CC(=O)CC[C@@H]1S(=O)c1ccc(C(F)(F)F)cc1. The summed E-state index contributed by atoms with van der Waals surface area (Å²) in [4.78, 5) is 12.1. The summed E-state index contributed by atoms with van der Waals surface area (Å²) in [6.07, 6.45) is -3.99. The van der Waals surface area contributed by atoms with Gasteiger partial charge in [0.25, 0.3) is 0 Å². The number of hydrogen-bond acceptors (Lipinski definition) is 3. The molecule has 0 N–H and O–H groups in total. The first-order valence-electron chi connectivity index (χ1n) is 9.25. The molecule has 0 saturated heterocycles. The number of halogens is 5. The van der Waals surface area contributed by atoms with E-state index in [2.05, 4.69) is 0 Å². The van der Waals surface area contributed by atoms with E-state index >= 15 is 0 Å². The molecule has 2 aromatic carbocycles. The molecule has 162 valence electrons. The molecule has 0 heterocycles. The minimum atomic E-state index is -4.50. The van der Waals surface area contributed by atoms with Gasteiger partial charge in [-0.1, -0.05) is 0 Å². The quantitative estimate of drug-likeness (QED) is 0.592. The Morgan fingerprint density at radius 3 is 2.33 bits per heavy atom. The highest BCUT2D eigenvalue weighted by Crippen LogP contribution is 2.34. The zero-order chi connectivity index (χ0) is 22.1. The highest BCUT2D eigenvalue weighted by atomic mass is 32.2. The molecule has 0 bridgehead atoms. The number of rotatable bonds is 5. The molecule has 30 heavy (non-hydrogen) atoms. The van der Waals surface area contributed by atoms with Gasteiger partial charge in [-0.05, 0) is 49.7 Å². The van der Waals surface area contributed by atoms with E-state index in [1.54, 1.807) is 0 Å². The Morgan fingerprint density at radius 2 is 1.70 bits per heavy atom. The summed E-state index contributed by atoms with van der Waals surface area (Å²) in [5, 5.41) is -0.559. The van der Waals surface area contributed by atoms with Crippen molar-refractivity contribution in [1.82, 2.24) is 0 Å². The van der Waals surface area contributed by atoms with Crippen molar-refractivity contribution in [3.05, 3.63) is 59.2 Å². The summed E-state index contributed by atoms with van der Waals surface area (Å²) in [6, 6.07) is 5.94. The van der Waals surface area contributed by atoms with Crippen LogP contribution in [0.4, 0.5) is 22.0 Å². The van der Waals surface area contributed by atoms with Crippen molar-refractivity contribution < 1.29 is 35.7 Å². The van der Waals surface area contributed by atoms with Crippen molar-refractivity contribution in [2.75, 3.05) is 6.61 Å². The van der Waals surface area contributed by atoms with Crippen LogP contribution in [0, 0.1) is 24.5 Å². The standard InChI is InChI=1S/C21H19F5O3S/c1-12-17(22)7-8-18(23)20(12)29-11-13-10-15(27)4-9-19(13)30(28)16-5-2-14(3-6-16)21(24,25)26/h2-3,5-8,13,19H,4,9-11H2,1H3/t13?,19-,30?/m0/s1. The van der Waals surface area contributed by atoms with Crippen LogP contribution in [-0.4, -0.2) is 21.8 Å². The molecule has 0 spiro atoms. The Bertz CT molecular complexity index is 956. The van der Waals surface area contributed by atoms with Crippen LogP contribution < -0.4 is 4.74 Å². The van der Waals surface area contributed by atoms with Gasteiger partial charge in [0.15, 0.2) is 11.6 Å². The lowest BCUT2D eigenvalue weighted by Gasteiger charge is -2.30. The molecule has 2 aromatic rings. The van der Waals surface area contributed by atoms with Crippen molar-refractivity contribution in [2.45, 2.75) is 42.5 Å². The smallest absolute Gasteiger partial charge is 0.416 e. The number of alkyl halides is 3. The van der Waals surface area contributed by atoms with Gasteiger partial charge in [0.05, 0.1) is 23.0 Å². The fourth-order valence-electron chi connectivity index (χ4n) is 3.47. The van der Waals surface area contributed by atoms with Crippen molar-refractivity contribution >= 4 is 16.6 Å². The molecule has 0 radical (unpaired) electrons. The van der Waals surface area contributed by atoms with E-state index in [0.717, 1.165) is 36.4 Å². The first kappa shape index (κ1) is 22.4. The maximum absolute atomic E-state index is 14.0. The zero-order valence-corrected chi connectivity index (χ0v) is 16.8. The van der Waals surface area contributed by atoms with E-state index < -0.39 is 45.3 Å². The van der Waals surface area contributed by atoms with Crippen LogP contribution >= 0.6 is 0 Å². The molecule has 0 aromatic heterocycles. The molecule has 1 fully saturated rings. The van der Waals surface area contributed by atoms with Crippen LogP contribution in [0.3, 0.4) is 0 Å². The summed E-state index contributed by atoms with van der Waals surface area (Å²) in [7, 11) is -1.69. The average molecular weight is 446 g/mol. The number of benzene rings is 2. The Hall–Kier alpha value is -2.29. The van der Waals surface area contributed by atoms with Crippen molar-refractivity contribution in [2.24, 2.45) is 5.92 Å². The van der Waals surface area contributed by atoms with Gasteiger partial charge in [-0.3, -0.25) is 9.00 Å². The van der Waals surface area contributed by atoms with Gasteiger partial charge >= 0.3 is 6.18 Å². The van der Waals surface area contributed by atoms with E-state index in [0.29, 0.717) is 0 Å². The number of ketones is 1. The predicted molar refractivity (Wildman–Crippen MR) is 101 cm³/mol. The zero-order valence-electron chi connectivity index (χ0n) is 16.0. The summed E-state index contributed by atoms with van der Waals surface area (Å²) in [5.41, 5.74) is -0.864. The third-order valence-corrected chi connectivity index (χ3v) is 7.05. The van der Waals surface area contributed by atoms with E-state index in [-0.39, 0.29) is 47.9 Å². The van der Waals surface area contributed by atoms with Crippen molar-refractivity contribution in [3.8, 4) is 5.75 Å². The van der Waals surface area contributed by atoms with Crippen LogP contribution in [-0.2, 0) is 21.8 Å². The molecule has 1 aliphatic rings. The van der Waals surface area contributed by atoms with Crippen LogP contribution in [0.2, 0.25) is 0 Å². The average Bonchev–Trinajstić information content (AvgIpc) is 2.70. The Labute approximate surface area is 172 Å². The second-order valence-electron chi connectivity index (χ2n) is 7.19. The number of hydrogen-bond donors (Lipinski definition) is 0. The molecule has 1 aliphatic carbocycles. The van der Waals surface area contributed by atoms with Gasteiger partial charge in [-0.2, -0.15) is 13.2 Å². The molecular weight excluding hydrogens is 427 g/mol. The van der Waals surface area contributed by atoms with E-state index in [1.807, 2.05) is 0 Å². The fourth-order valence-corrected chi connectivity index (χ4v) is 5.08. The van der Waals surface area contributed by atoms with Crippen LogP contribution in [0.15, 0.2) is 41.3 Å². The van der Waals surface area contributed by atoms with Crippen LogP contribution in [0.25, 0.3) is 0 Å². The molecule has 2 unspecified atom stereocenters. The monoisotopic (exact) mass is 446 g/mol. The number of Topliss-reactive ketones (excluding diaryl/α,β-unsaturated/α-hetero) is 1. The topological polar surface area (TPSA) is 43.4 Å². The second-order valence-corrected chi connectivity index (χ2v) is 8.87. The van der Waals surface area contributed by atoms with Crippen molar-refractivity contribution in [3.63, 3.8) is 0 Å². The maximum Gasteiger partial charge on any atom is 0.416 e. The first-order chi connectivity index (χ1) is 14.1. The summed E-state index contributed by atoms with van der Waals surface area (Å²) >= 11 is 0. The van der Waals surface area contributed by atoms with Crippen LogP contribution in [0.1, 0.15) is 30.4 Å². The van der Waals surface area contributed by atoms with Gasteiger partial charge in [0.2, 0.25) is 0 Å².